The molecule has 0 N–H and O–H groups in total. The Hall–Kier alpha value is -6.39. The van der Waals surface area contributed by atoms with Gasteiger partial charge in [-0.25, -0.2) is 0 Å². The van der Waals surface area contributed by atoms with E-state index in [1.54, 1.807) is 0 Å². The normalized spacial score (nSPS) is 16.2. The average molecular weight is 630 g/mol. The first-order chi connectivity index (χ1) is 24.3. The van der Waals surface area contributed by atoms with Crippen molar-refractivity contribution < 1.29 is 4.42 Å². The van der Waals surface area contributed by atoms with Crippen molar-refractivity contribution in [1.29, 1.82) is 0 Å². The molecule has 0 amide bonds. The Morgan fingerprint density at radius 1 is 0.490 bits per heavy atom. The summed E-state index contributed by atoms with van der Waals surface area (Å²) in [6.07, 6.45) is 0. The Labute approximate surface area is 283 Å². The highest BCUT2D eigenvalue weighted by Gasteiger charge is 2.42. The monoisotopic (exact) mass is 629 g/mol. The minimum absolute atomic E-state index is 0.122. The van der Waals surface area contributed by atoms with E-state index in [2.05, 4.69) is 186 Å². The van der Waals surface area contributed by atoms with Gasteiger partial charge in [-0.05, 0) is 53.6 Å². The van der Waals surface area contributed by atoms with Crippen LogP contribution in [0.25, 0.3) is 49.4 Å². The number of hydrogen-bond acceptors (Lipinski definition) is 3. The molecule has 49 heavy (non-hydrogen) atoms. The van der Waals surface area contributed by atoms with Crippen molar-refractivity contribution >= 4 is 55.1 Å². The lowest BCUT2D eigenvalue weighted by molar-refractivity contribution is 0.625. The van der Waals surface area contributed by atoms with Crippen molar-refractivity contribution in [3.8, 4) is 5.69 Å². The van der Waals surface area contributed by atoms with E-state index in [4.69, 9.17) is 9.52 Å². The second kappa shape index (κ2) is 11.1. The lowest BCUT2D eigenvalue weighted by Gasteiger charge is -2.29. The van der Waals surface area contributed by atoms with E-state index in [-0.39, 0.29) is 12.0 Å². The number of hydrazone groups is 1. The maximum absolute atomic E-state index is 6.87. The third kappa shape index (κ3) is 4.34. The van der Waals surface area contributed by atoms with Crippen LogP contribution in [0.4, 0.5) is 5.69 Å². The molecule has 0 fully saturated rings. The predicted molar refractivity (Wildman–Crippen MR) is 202 cm³/mol. The first-order valence-electron chi connectivity index (χ1n) is 16.8. The molecule has 7 aromatic carbocycles. The fourth-order valence-corrected chi connectivity index (χ4v) is 7.88. The number of furan rings is 1. The smallest absolute Gasteiger partial charge is 0.139 e. The van der Waals surface area contributed by atoms with E-state index in [0.29, 0.717) is 0 Å². The van der Waals surface area contributed by atoms with Crippen molar-refractivity contribution in [1.82, 2.24) is 4.57 Å². The van der Waals surface area contributed by atoms with E-state index in [1.165, 1.54) is 27.4 Å². The molecule has 1 aliphatic rings. The summed E-state index contributed by atoms with van der Waals surface area (Å²) in [6.45, 7) is 0. The molecule has 4 heteroatoms. The lowest BCUT2D eigenvalue weighted by Crippen LogP contribution is -2.25. The molecular weight excluding hydrogens is 599 g/mol. The number of anilines is 1. The number of para-hydroxylation sites is 4. The van der Waals surface area contributed by atoms with Gasteiger partial charge in [-0.15, -0.1) is 0 Å². The van der Waals surface area contributed by atoms with E-state index in [1.807, 2.05) is 0 Å². The van der Waals surface area contributed by atoms with E-state index in [0.717, 1.165) is 50.2 Å². The van der Waals surface area contributed by atoms with Crippen LogP contribution >= 0.6 is 0 Å². The minimum Gasteiger partial charge on any atom is -0.456 e. The molecule has 0 bridgehead atoms. The Kier molecular flexibility index (Phi) is 6.28. The van der Waals surface area contributed by atoms with Crippen molar-refractivity contribution in [2.45, 2.75) is 12.0 Å². The topological polar surface area (TPSA) is 33.7 Å². The standard InChI is InChI=1S/C45H31N3O/c1-4-16-30(17-5-1)43-42(44(31-18-6-2-7-19-31)48(46-43)32-20-8-3-9-21-32)38-29-33(28-37-36-24-12-15-27-41(36)49-45(37)38)47-39-25-13-10-22-34(39)35-23-11-14-26-40(35)47/h1-29,42,44H. The summed E-state index contributed by atoms with van der Waals surface area (Å²) in [5.74, 6) is -0.152. The first-order valence-corrected chi connectivity index (χ1v) is 16.8. The molecule has 10 rings (SSSR count). The molecule has 0 saturated carbocycles. The Bertz CT molecular complexity index is 2620. The zero-order valence-corrected chi connectivity index (χ0v) is 26.6. The van der Waals surface area contributed by atoms with Crippen LogP contribution in [0.3, 0.4) is 0 Å². The van der Waals surface area contributed by atoms with Gasteiger partial charge in [-0.2, -0.15) is 5.10 Å². The van der Waals surface area contributed by atoms with Crippen molar-refractivity contribution in [3.63, 3.8) is 0 Å². The SMILES string of the molecule is c1ccc(C2=NN(c3ccccc3)C(c3ccccc3)C2c2cc(-n3c4ccccc4c4ccccc43)cc3c2oc2ccccc23)cc1. The molecule has 9 aromatic rings. The van der Waals surface area contributed by atoms with E-state index in [9.17, 15) is 0 Å². The summed E-state index contributed by atoms with van der Waals surface area (Å²) in [6, 6.07) is 62.3. The minimum atomic E-state index is -0.152. The molecule has 0 saturated heterocycles. The molecule has 2 atom stereocenters. The predicted octanol–water partition coefficient (Wildman–Crippen LogP) is 11.4. The van der Waals surface area contributed by atoms with Crippen LogP contribution in [0.2, 0.25) is 0 Å². The van der Waals surface area contributed by atoms with Crippen LogP contribution in [0, 0.1) is 0 Å². The summed E-state index contributed by atoms with van der Waals surface area (Å²) >= 11 is 0. The van der Waals surface area contributed by atoms with Crippen LogP contribution in [-0.4, -0.2) is 10.3 Å². The number of benzene rings is 7. The van der Waals surface area contributed by atoms with Crippen LogP contribution in [-0.2, 0) is 0 Å². The second-order valence-electron chi connectivity index (χ2n) is 12.7. The molecule has 3 heterocycles. The molecular formula is C45H31N3O. The quantitative estimate of drug-likeness (QED) is 0.190. The van der Waals surface area contributed by atoms with Crippen molar-refractivity contribution in [2.75, 3.05) is 5.01 Å². The van der Waals surface area contributed by atoms with E-state index >= 15 is 0 Å². The van der Waals surface area contributed by atoms with Gasteiger partial charge in [-0.3, -0.25) is 5.01 Å². The van der Waals surface area contributed by atoms with Gasteiger partial charge in [0.05, 0.1) is 34.4 Å². The van der Waals surface area contributed by atoms with Crippen LogP contribution in [0.5, 0.6) is 0 Å². The molecule has 0 radical (unpaired) electrons. The van der Waals surface area contributed by atoms with Gasteiger partial charge in [0.15, 0.2) is 0 Å². The van der Waals surface area contributed by atoms with Crippen LogP contribution < -0.4 is 5.01 Å². The molecule has 2 aromatic heterocycles. The van der Waals surface area contributed by atoms with Gasteiger partial charge in [0.2, 0.25) is 0 Å². The van der Waals surface area contributed by atoms with Crippen LogP contribution in [0.15, 0.2) is 185 Å². The van der Waals surface area contributed by atoms with Gasteiger partial charge >= 0.3 is 0 Å². The van der Waals surface area contributed by atoms with E-state index < -0.39 is 0 Å². The fraction of sp³-hybridized carbons (Fsp3) is 0.0444. The molecule has 232 valence electrons. The first kappa shape index (κ1) is 27.7. The highest BCUT2D eigenvalue weighted by Crippen LogP contribution is 2.49. The van der Waals surface area contributed by atoms with Crippen LogP contribution in [0.1, 0.15) is 28.7 Å². The summed E-state index contributed by atoms with van der Waals surface area (Å²) in [5, 5.41) is 12.4. The largest absolute Gasteiger partial charge is 0.456 e. The van der Waals surface area contributed by atoms with Crippen molar-refractivity contribution in [2.24, 2.45) is 5.10 Å². The number of hydrogen-bond donors (Lipinski definition) is 0. The Balaban J connectivity index is 1.32. The third-order valence-corrected chi connectivity index (χ3v) is 9.99. The highest BCUT2D eigenvalue weighted by molar-refractivity contribution is 6.14. The molecule has 4 nitrogen and oxygen atoms in total. The molecule has 2 unspecified atom stereocenters. The highest BCUT2D eigenvalue weighted by atomic mass is 16.3. The zero-order valence-electron chi connectivity index (χ0n) is 26.6. The van der Waals surface area contributed by atoms with Gasteiger partial charge in [0.1, 0.15) is 11.2 Å². The number of nitrogens with zero attached hydrogens (tertiary/aromatic N) is 3. The summed E-state index contributed by atoms with van der Waals surface area (Å²) < 4.78 is 9.28. The van der Waals surface area contributed by atoms with Gasteiger partial charge in [-0.1, -0.05) is 133 Å². The van der Waals surface area contributed by atoms with Crippen molar-refractivity contribution in [3.05, 3.63) is 193 Å². The average Bonchev–Trinajstić information content (AvgIpc) is 3.86. The summed E-state index contributed by atoms with van der Waals surface area (Å²) in [4.78, 5) is 0. The fourth-order valence-electron chi connectivity index (χ4n) is 7.88. The third-order valence-electron chi connectivity index (χ3n) is 9.99. The molecule has 0 aliphatic carbocycles. The Morgan fingerprint density at radius 3 is 1.76 bits per heavy atom. The zero-order chi connectivity index (χ0) is 32.3. The van der Waals surface area contributed by atoms with Gasteiger partial charge < -0.3 is 8.98 Å². The maximum atomic E-state index is 6.87. The molecule has 1 aliphatic heterocycles. The second-order valence-corrected chi connectivity index (χ2v) is 12.7. The number of rotatable bonds is 5. The number of fused-ring (bicyclic) bond motifs is 6. The Morgan fingerprint density at radius 2 is 1.06 bits per heavy atom. The maximum Gasteiger partial charge on any atom is 0.139 e. The summed E-state index contributed by atoms with van der Waals surface area (Å²) in [5.41, 5.74) is 10.7. The number of aromatic nitrogens is 1. The summed E-state index contributed by atoms with van der Waals surface area (Å²) in [7, 11) is 0. The molecule has 0 spiro atoms. The lowest BCUT2D eigenvalue weighted by atomic mass is 9.81. The van der Waals surface area contributed by atoms with Gasteiger partial charge in [0.25, 0.3) is 0 Å². The van der Waals surface area contributed by atoms with Gasteiger partial charge in [0, 0.05) is 32.8 Å².